The molecule has 0 radical (unpaired) electrons. The quantitative estimate of drug-likeness (QED) is 0.795. The van der Waals surface area contributed by atoms with Gasteiger partial charge in [-0.15, -0.1) is 11.3 Å². The maximum Gasteiger partial charge on any atom is 0.246 e. The largest absolute Gasteiger partial charge is 0.497 e. The molecule has 0 aliphatic carbocycles. The van der Waals surface area contributed by atoms with Crippen LogP contribution < -0.4 is 4.74 Å². The van der Waals surface area contributed by atoms with Gasteiger partial charge in [0.15, 0.2) is 0 Å². The molecule has 1 aliphatic heterocycles. The molecule has 1 aromatic heterocycles. The third kappa shape index (κ3) is 3.92. The van der Waals surface area contributed by atoms with E-state index < -0.39 is 0 Å². The zero-order valence-corrected chi connectivity index (χ0v) is 14.7. The van der Waals surface area contributed by atoms with Gasteiger partial charge in [-0.1, -0.05) is 18.2 Å². The SMILES string of the molecule is COc1ccc(C2=CCN(C(=O)/C=C/c3csc(C)n3)CC2)cc1. The summed E-state index contributed by atoms with van der Waals surface area (Å²) in [6.07, 6.45) is 6.39. The molecule has 5 heteroatoms. The van der Waals surface area contributed by atoms with Gasteiger partial charge in [0.1, 0.15) is 5.75 Å². The highest BCUT2D eigenvalue weighted by atomic mass is 32.1. The number of aryl methyl sites for hydroxylation is 1. The number of rotatable bonds is 4. The molecule has 1 aliphatic rings. The molecule has 0 saturated carbocycles. The fourth-order valence-corrected chi connectivity index (χ4v) is 3.24. The summed E-state index contributed by atoms with van der Waals surface area (Å²) in [5.41, 5.74) is 3.31. The van der Waals surface area contributed by atoms with Crippen LogP contribution in [0.25, 0.3) is 11.6 Å². The van der Waals surface area contributed by atoms with Crippen molar-refractivity contribution in [3.8, 4) is 5.75 Å². The number of nitrogens with zero attached hydrogens (tertiary/aromatic N) is 2. The molecule has 0 saturated heterocycles. The van der Waals surface area contributed by atoms with Gasteiger partial charge in [-0.25, -0.2) is 4.98 Å². The average molecular weight is 340 g/mol. The lowest BCUT2D eigenvalue weighted by Gasteiger charge is -2.25. The summed E-state index contributed by atoms with van der Waals surface area (Å²) in [6.45, 7) is 3.33. The molecule has 3 rings (SSSR count). The van der Waals surface area contributed by atoms with Gasteiger partial charge < -0.3 is 9.64 Å². The van der Waals surface area contributed by atoms with Crippen molar-refractivity contribution in [1.29, 1.82) is 0 Å². The molecule has 2 heterocycles. The van der Waals surface area contributed by atoms with Gasteiger partial charge in [0.2, 0.25) is 5.91 Å². The lowest BCUT2D eigenvalue weighted by atomic mass is 9.99. The summed E-state index contributed by atoms with van der Waals surface area (Å²) >= 11 is 1.59. The summed E-state index contributed by atoms with van der Waals surface area (Å²) in [7, 11) is 1.67. The third-order valence-electron chi connectivity index (χ3n) is 4.02. The number of amides is 1. The van der Waals surface area contributed by atoms with E-state index in [-0.39, 0.29) is 5.91 Å². The minimum atomic E-state index is 0.0330. The fourth-order valence-electron chi connectivity index (χ4n) is 2.66. The van der Waals surface area contributed by atoms with Crippen molar-refractivity contribution >= 4 is 28.9 Å². The molecule has 1 amide bonds. The topological polar surface area (TPSA) is 42.4 Å². The summed E-state index contributed by atoms with van der Waals surface area (Å²) < 4.78 is 5.19. The van der Waals surface area contributed by atoms with Crippen molar-refractivity contribution in [2.45, 2.75) is 13.3 Å². The van der Waals surface area contributed by atoms with Gasteiger partial charge in [0.05, 0.1) is 17.8 Å². The molecule has 0 unspecified atom stereocenters. The first-order valence-electron chi connectivity index (χ1n) is 7.88. The van der Waals surface area contributed by atoms with Crippen LogP contribution in [0.2, 0.25) is 0 Å². The van der Waals surface area contributed by atoms with Crippen molar-refractivity contribution in [3.63, 3.8) is 0 Å². The zero-order chi connectivity index (χ0) is 16.9. The first kappa shape index (κ1) is 16.5. The minimum Gasteiger partial charge on any atom is -0.497 e. The Morgan fingerprint density at radius 3 is 2.71 bits per heavy atom. The number of ether oxygens (including phenoxy) is 1. The standard InChI is InChI=1S/C19H20N2O2S/c1-14-20-17(13-24-14)5-8-19(22)21-11-9-16(10-12-21)15-3-6-18(23-2)7-4-15/h3-9,13H,10-12H2,1-2H3/b8-5+. The Morgan fingerprint density at radius 2 is 2.12 bits per heavy atom. The van der Waals surface area contributed by atoms with E-state index in [4.69, 9.17) is 4.74 Å². The van der Waals surface area contributed by atoms with E-state index in [1.54, 1.807) is 30.6 Å². The van der Waals surface area contributed by atoms with Crippen LogP contribution in [0.3, 0.4) is 0 Å². The predicted molar refractivity (Wildman–Crippen MR) is 98.1 cm³/mol. The molecule has 0 fully saturated rings. The Hall–Kier alpha value is -2.40. The van der Waals surface area contributed by atoms with E-state index in [0.29, 0.717) is 6.54 Å². The summed E-state index contributed by atoms with van der Waals surface area (Å²) in [6, 6.07) is 8.05. The lowest BCUT2D eigenvalue weighted by Crippen LogP contribution is -2.33. The van der Waals surface area contributed by atoms with Gasteiger partial charge >= 0.3 is 0 Å². The van der Waals surface area contributed by atoms with Gasteiger partial charge in [0.25, 0.3) is 0 Å². The van der Waals surface area contributed by atoms with Gasteiger partial charge in [-0.2, -0.15) is 0 Å². The van der Waals surface area contributed by atoms with Crippen LogP contribution in [0.1, 0.15) is 22.7 Å². The molecular formula is C19H20N2O2S. The molecular weight excluding hydrogens is 320 g/mol. The fraction of sp³-hybridized carbons (Fsp3) is 0.263. The Bertz CT molecular complexity index is 775. The number of aromatic nitrogens is 1. The smallest absolute Gasteiger partial charge is 0.246 e. The highest BCUT2D eigenvalue weighted by Gasteiger charge is 2.16. The Balaban J connectivity index is 1.61. The van der Waals surface area contributed by atoms with Gasteiger partial charge in [-0.3, -0.25) is 4.79 Å². The van der Waals surface area contributed by atoms with E-state index in [0.717, 1.165) is 29.4 Å². The molecule has 24 heavy (non-hydrogen) atoms. The highest BCUT2D eigenvalue weighted by molar-refractivity contribution is 7.09. The second kappa shape index (κ2) is 7.45. The highest BCUT2D eigenvalue weighted by Crippen LogP contribution is 2.24. The number of methoxy groups -OCH3 is 1. The number of benzene rings is 1. The minimum absolute atomic E-state index is 0.0330. The summed E-state index contributed by atoms with van der Waals surface area (Å²) in [5.74, 6) is 0.889. The third-order valence-corrected chi connectivity index (χ3v) is 4.81. The number of carbonyl (C=O) groups is 1. The van der Waals surface area contributed by atoms with Crippen molar-refractivity contribution in [2.24, 2.45) is 0 Å². The first-order chi connectivity index (χ1) is 11.7. The maximum absolute atomic E-state index is 12.3. The van der Waals surface area contributed by atoms with E-state index in [9.17, 15) is 4.79 Å². The second-order valence-corrected chi connectivity index (χ2v) is 6.68. The molecule has 2 aromatic rings. The number of thiazole rings is 1. The van der Waals surface area contributed by atoms with Crippen molar-refractivity contribution < 1.29 is 9.53 Å². The van der Waals surface area contributed by atoms with Crippen LogP contribution in [0, 0.1) is 6.92 Å². The molecule has 124 valence electrons. The summed E-state index contributed by atoms with van der Waals surface area (Å²) in [5, 5.41) is 2.96. The normalized spacial score (nSPS) is 14.8. The summed E-state index contributed by atoms with van der Waals surface area (Å²) in [4.78, 5) is 18.5. The zero-order valence-electron chi connectivity index (χ0n) is 13.9. The number of hydrogen-bond donors (Lipinski definition) is 0. The maximum atomic E-state index is 12.3. The van der Waals surface area contributed by atoms with Crippen LogP contribution in [-0.4, -0.2) is 36.0 Å². The van der Waals surface area contributed by atoms with E-state index >= 15 is 0 Å². The van der Waals surface area contributed by atoms with Crippen molar-refractivity contribution in [2.75, 3.05) is 20.2 Å². The Morgan fingerprint density at radius 1 is 1.33 bits per heavy atom. The van der Waals surface area contributed by atoms with Crippen LogP contribution in [-0.2, 0) is 4.79 Å². The van der Waals surface area contributed by atoms with Crippen LogP contribution >= 0.6 is 11.3 Å². The molecule has 0 atom stereocenters. The van der Waals surface area contributed by atoms with Crippen molar-refractivity contribution in [1.82, 2.24) is 9.88 Å². The Labute approximate surface area is 146 Å². The molecule has 0 spiro atoms. The van der Waals surface area contributed by atoms with Crippen molar-refractivity contribution in [3.05, 3.63) is 58.1 Å². The average Bonchev–Trinajstić information content (AvgIpc) is 3.05. The molecule has 0 bridgehead atoms. The number of carbonyl (C=O) groups excluding carboxylic acids is 1. The van der Waals surface area contributed by atoms with E-state index in [1.807, 2.05) is 29.3 Å². The monoisotopic (exact) mass is 340 g/mol. The van der Waals surface area contributed by atoms with Crippen LogP contribution in [0.15, 0.2) is 41.8 Å². The molecule has 0 N–H and O–H groups in total. The number of hydrogen-bond acceptors (Lipinski definition) is 4. The van der Waals surface area contributed by atoms with E-state index in [1.165, 1.54) is 11.1 Å². The van der Waals surface area contributed by atoms with Gasteiger partial charge in [-0.05, 0) is 42.7 Å². The second-order valence-electron chi connectivity index (χ2n) is 5.62. The van der Waals surface area contributed by atoms with Crippen LogP contribution in [0.4, 0.5) is 0 Å². The van der Waals surface area contributed by atoms with Crippen LogP contribution in [0.5, 0.6) is 5.75 Å². The first-order valence-corrected chi connectivity index (χ1v) is 8.76. The predicted octanol–water partition coefficient (Wildman–Crippen LogP) is 3.79. The van der Waals surface area contributed by atoms with E-state index in [2.05, 4.69) is 23.2 Å². The molecule has 4 nitrogen and oxygen atoms in total. The lowest BCUT2D eigenvalue weighted by molar-refractivity contribution is -0.125. The Kier molecular flexibility index (Phi) is 5.11. The molecule has 1 aromatic carbocycles. The van der Waals surface area contributed by atoms with Gasteiger partial charge in [0, 0.05) is 24.5 Å².